The van der Waals surface area contributed by atoms with Crippen LogP contribution in [0.3, 0.4) is 0 Å². The van der Waals surface area contributed by atoms with E-state index >= 15 is 0 Å². The van der Waals surface area contributed by atoms with Gasteiger partial charge < -0.3 is 9.84 Å². The first-order valence-electron chi connectivity index (χ1n) is 9.96. The Morgan fingerprint density at radius 3 is 2.42 bits per heavy atom. The molecule has 0 aliphatic rings. The van der Waals surface area contributed by atoms with Gasteiger partial charge >= 0.3 is 0 Å². The number of nitrogens with one attached hydrogen (secondary N) is 1. The predicted octanol–water partition coefficient (Wildman–Crippen LogP) is 4.60. The average Bonchev–Trinajstić information content (AvgIpc) is 2.83. The Bertz CT molecular complexity index is 1180. The van der Waals surface area contributed by atoms with Crippen molar-refractivity contribution in [3.05, 3.63) is 114 Å². The molecule has 0 unspecified atom stereocenters. The summed E-state index contributed by atoms with van der Waals surface area (Å²) < 4.78 is 5.93. The van der Waals surface area contributed by atoms with E-state index in [1.807, 2.05) is 48.5 Å². The predicted molar refractivity (Wildman–Crippen MR) is 122 cm³/mol. The van der Waals surface area contributed by atoms with Gasteiger partial charge in [0, 0.05) is 0 Å². The molecule has 0 radical (unpaired) electrons. The third-order valence-corrected chi connectivity index (χ3v) is 4.91. The largest absolute Gasteiger partial charge is 0.489 e. The van der Waals surface area contributed by atoms with Gasteiger partial charge in [0.15, 0.2) is 6.10 Å². The number of aliphatic hydroxyl groups excluding tert-OH is 1. The zero-order valence-corrected chi connectivity index (χ0v) is 16.8. The molecule has 4 aromatic carbocycles. The van der Waals surface area contributed by atoms with Crippen LogP contribution in [0.4, 0.5) is 0 Å². The van der Waals surface area contributed by atoms with Crippen molar-refractivity contribution in [1.82, 2.24) is 5.43 Å². The van der Waals surface area contributed by atoms with Gasteiger partial charge in [-0.25, -0.2) is 5.43 Å². The molecule has 0 saturated heterocycles. The van der Waals surface area contributed by atoms with Gasteiger partial charge in [0.05, 0.1) is 6.21 Å². The number of carbonyl (C=O) groups excluding carboxylic acids is 1. The van der Waals surface area contributed by atoms with Crippen LogP contribution in [0.1, 0.15) is 22.8 Å². The quantitative estimate of drug-likeness (QED) is 0.345. The summed E-state index contributed by atoms with van der Waals surface area (Å²) in [6, 6.07) is 30.5. The third-order valence-electron chi connectivity index (χ3n) is 4.91. The van der Waals surface area contributed by atoms with Gasteiger partial charge in [0.1, 0.15) is 12.4 Å². The first-order chi connectivity index (χ1) is 15.2. The Labute approximate surface area is 180 Å². The van der Waals surface area contributed by atoms with Crippen LogP contribution >= 0.6 is 0 Å². The maximum Gasteiger partial charge on any atom is 0.273 e. The van der Waals surface area contributed by atoms with E-state index in [2.05, 4.69) is 34.8 Å². The minimum atomic E-state index is -1.26. The average molecular weight is 410 g/mol. The number of benzene rings is 4. The Morgan fingerprint density at radius 2 is 1.61 bits per heavy atom. The van der Waals surface area contributed by atoms with Crippen LogP contribution in [0.2, 0.25) is 0 Å². The lowest BCUT2D eigenvalue weighted by atomic mass is 10.1. The van der Waals surface area contributed by atoms with Crippen LogP contribution in [-0.4, -0.2) is 17.2 Å². The minimum absolute atomic E-state index is 0.474. The van der Waals surface area contributed by atoms with E-state index < -0.39 is 12.0 Å². The number of rotatable bonds is 7. The van der Waals surface area contributed by atoms with Crippen LogP contribution in [-0.2, 0) is 11.4 Å². The molecule has 31 heavy (non-hydrogen) atoms. The van der Waals surface area contributed by atoms with Crippen molar-refractivity contribution in [2.24, 2.45) is 5.10 Å². The lowest BCUT2D eigenvalue weighted by molar-refractivity contribution is -0.129. The molecule has 0 saturated carbocycles. The minimum Gasteiger partial charge on any atom is -0.489 e. The molecule has 5 nitrogen and oxygen atoms in total. The molecule has 1 atom stereocenters. The maximum atomic E-state index is 12.0. The van der Waals surface area contributed by atoms with Gasteiger partial charge in [-0.2, -0.15) is 5.10 Å². The highest BCUT2D eigenvalue weighted by molar-refractivity contribution is 5.86. The van der Waals surface area contributed by atoms with Crippen LogP contribution in [0.5, 0.6) is 5.75 Å². The Hall–Kier alpha value is -3.96. The molecule has 1 amide bonds. The maximum absolute atomic E-state index is 12.0. The zero-order chi connectivity index (χ0) is 21.5. The number of aliphatic hydroxyl groups is 1. The fourth-order valence-electron chi connectivity index (χ4n) is 3.25. The number of hydrogen-bond acceptors (Lipinski definition) is 4. The summed E-state index contributed by atoms with van der Waals surface area (Å²) in [4.78, 5) is 12.0. The number of hydrazone groups is 1. The Balaban J connectivity index is 1.32. The van der Waals surface area contributed by atoms with Crippen molar-refractivity contribution in [3.8, 4) is 5.75 Å². The van der Waals surface area contributed by atoms with Crippen molar-refractivity contribution < 1.29 is 14.6 Å². The highest BCUT2D eigenvalue weighted by Gasteiger charge is 2.15. The highest BCUT2D eigenvalue weighted by Crippen LogP contribution is 2.21. The second-order valence-corrected chi connectivity index (χ2v) is 7.04. The van der Waals surface area contributed by atoms with Crippen molar-refractivity contribution in [2.45, 2.75) is 12.7 Å². The lowest BCUT2D eigenvalue weighted by Crippen LogP contribution is -2.25. The van der Waals surface area contributed by atoms with Crippen molar-refractivity contribution in [1.29, 1.82) is 0 Å². The van der Waals surface area contributed by atoms with Gasteiger partial charge in [0.2, 0.25) is 0 Å². The molecule has 0 fully saturated rings. The van der Waals surface area contributed by atoms with E-state index in [9.17, 15) is 9.90 Å². The molecule has 5 heteroatoms. The van der Waals surface area contributed by atoms with Crippen LogP contribution in [0, 0.1) is 0 Å². The fourth-order valence-corrected chi connectivity index (χ4v) is 3.25. The number of fused-ring (bicyclic) bond motifs is 1. The second-order valence-electron chi connectivity index (χ2n) is 7.04. The van der Waals surface area contributed by atoms with E-state index in [-0.39, 0.29) is 0 Å². The molecule has 0 aromatic heterocycles. The van der Waals surface area contributed by atoms with Crippen LogP contribution in [0.25, 0.3) is 10.8 Å². The first-order valence-corrected chi connectivity index (χ1v) is 9.96. The number of amides is 1. The summed E-state index contributed by atoms with van der Waals surface area (Å²) >= 11 is 0. The van der Waals surface area contributed by atoms with E-state index in [0.717, 1.165) is 16.9 Å². The Kier molecular flexibility index (Phi) is 6.35. The Morgan fingerprint density at radius 1 is 0.903 bits per heavy atom. The smallest absolute Gasteiger partial charge is 0.273 e. The summed E-state index contributed by atoms with van der Waals surface area (Å²) in [5.41, 5.74) is 4.80. The first kappa shape index (κ1) is 20.3. The molecular weight excluding hydrogens is 388 g/mol. The summed E-state index contributed by atoms with van der Waals surface area (Å²) in [7, 11) is 0. The van der Waals surface area contributed by atoms with E-state index in [0.29, 0.717) is 12.2 Å². The van der Waals surface area contributed by atoms with Crippen molar-refractivity contribution in [2.75, 3.05) is 0 Å². The SMILES string of the molecule is O=C(N/N=C\c1ccc(OCc2cccc3ccccc23)cc1)[C@H](O)c1ccccc1. The normalized spacial score (nSPS) is 12.0. The molecule has 0 aliphatic carbocycles. The summed E-state index contributed by atoms with van der Waals surface area (Å²) in [5, 5.41) is 16.3. The van der Waals surface area contributed by atoms with Gasteiger partial charge in [0.25, 0.3) is 5.91 Å². The standard InChI is InChI=1S/C26H22N2O3/c29-25(21-8-2-1-3-9-21)26(30)28-27-17-19-13-15-23(16-14-19)31-18-22-11-6-10-20-7-4-5-12-24(20)22/h1-17,25,29H,18H2,(H,28,30)/b27-17-/t25-/m1/s1. The van der Waals surface area contributed by atoms with Gasteiger partial charge in [-0.3, -0.25) is 4.79 Å². The van der Waals surface area contributed by atoms with Crippen molar-refractivity contribution in [3.63, 3.8) is 0 Å². The van der Waals surface area contributed by atoms with Crippen LogP contribution < -0.4 is 10.2 Å². The van der Waals surface area contributed by atoms with Gasteiger partial charge in [-0.05, 0) is 51.7 Å². The monoisotopic (exact) mass is 410 g/mol. The zero-order valence-electron chi connectivity index (χ0n) is 16.8. The highest BCUT2D eigenvalue weighted by atomic mass is 16.5. The molecule has 0 aliphatic heterocycles. The molecule has 4 aromatic rings. The third kappa shape index (κ3) is 5.15. The van der Waals surface area contributed by atoms with Gasteiger partial charge in [-0.1, -0.05) is 72.8 Å². The van der Waals surface area contributed by atoms with Gasteiger partial charge in [-0.15, -0.1) is 0 Å². The summed E-state index contributed by atoms with van der Waals surface area (Å²) in [6.07, 6.45) is 0.257. The number of ether oxygens (including phenoxy) is 1. The fraction of sp³-hybridized carbons (Fsp3) is 0.0769. The topological polar surface area (TPSA) is 70.9 Å². The van der Waals surface area contributed by atoms with Crippen LogP contribution in [0.15, 0.2) is 102 Å². The molecule has 0 bridgehead atoms. The molecular formula is C26H22N2O3. The lowest BCUT2D eigenvalue weighted by Gasteiger charge is -2.09. The number of carbonyl (C=O) groups is 1. The molecule has 0 spiro atoms. The number of hydrogen-bond donors (Lipinski definition) is 2. The summed E-state index contributed by atoms with van der Waals surface area (Å²) in [5.74, 6) is 0.158. The molecule has 4 rings (SSSR count). The molecule has 0 heterocycles. The molecule has 2 N–H and O–H groups in total. The molecule has 154 valence electrons. The van der Waals surface area contributed by atoms with E-state index in [1.54, 1.807) is 24.3 Å². The van der Waals surface area contributed by atoms with E-state index in [4.69, 9.17) is 4.74 Å². The number of nitrogens with zero attached hydrogens (tertiary/aromatic N) is 1. The van der Waals surface area contributed by atoms with Crippen molar-refractivity contribution >= 4 is 22.9 Å². The second kappa shape index (κ2) is 9.69. The van der Waals surface area contributed by atoms with E-state index in [1.165, 1.54) is 17.0 Å². The summed E-state index contributed by atoms with van der Waals surface area (Å²) in [6.45, 7) is 0.474.